The molecule has 0 saturated carbocycles. The van der Waals surface area contributed by atoms with Crippen molar-refractivity contribution >= 4 is 11.8 Å². The lowest BCUT2D eigenvalue weighted by atomic mass is 10.1. The summed E-state index contributed by atoms with van der Waals surface area (Å²) in [6.45, 7) is 2.07. The first-order chi connectivity index (χ1) is 9.19. The Morgan fingerprint density at radius 1 is 1.32 bits per heavy atom. The molecule has 2 nitrogen and oxygen atoms in total. The number of hydrogen-bond acceptors (Lipinski definition) is 3. The first-order valence-electron chi connectivity index (χ1n) is 6.32. The molecule has 0 spiro atoms. The van der Waals surface area contributed by atoms with Crippen LogP contribution in [0.1, 0.15) is 18.9 Å². The molecule has 1 atom stereocenters. The summed E-state index contributed by atoms with van der Waals surface area (Å²) < 4.78 is 13.2. The molecule has 1 aromatic carbocycles. The number of nitrogens with zero attached hydrogens (tertiary/aromatic N) is 1. The van der Waals surface area contributed by atoms with Crippen molar-refractivity contribution in [3.05, 3.63) is 54.0 Å². The third-order valence-corrected chi connectivity index (χ3v) is 3.92. The fourth-order valence-corrected chi connectivity index (χ4v) is 2.68. The minimum atomic E-state index is -0.229. The Morgan fingerprint density at radius 2 is 2.16 bits per heavy atom. The highest BCUT2D eigenvalue weighted by atomic mass is 32.2. The number of halogens is 1. The van der Waals surface area contributed by atoms with Crippen LogP contribution in [0.2, 0.25) is 0 Å². The molecule has 2 aromatic rings. The Morgan fingerprint density at radius 3 is 2.89 bits per heavy atom. The van der Waals surface area contributed by atoms with Crippen LogP contribution in [0.25, 0.3) is 0 Å². The monoisotopic (exact) mass is 276 g/mol. The maximum Gasteiger partial charge on any atom is 0.124 e. The second kappa shape index (κ2) is 6.68. The minimum absolute atomic E-state index is 0.135. The van der Waals surface area contributed by atoms with E-state index in [1.807, 2.05) is 18.2 Å². The van der Waals surface area contributed by atoms with Crippen molar-refractivity contribution in [3.8, 4) is 0 Å². The Bertz CT molecular complexity index is 545. The second-order valence-corrected chi connectivity index (χ2v) is 5.46. The third kappa shape index (κ3) is 4.04. The van der Waals surface area contributed by atoms with E-state index in [1.54, 1.807) is 12.3 Å². The van der Waals surface area contributed by atoms with Crippen molar-refractivity contribution in [3.63, 3.8) is 0 Å². The molecule has 2 N–H and O–H groups in total. The highest BCUT2D eigenvalue weighted by Crippen LogP contribution is 2.29. The lowest BCUT2D eigenvalue weighted by Crippen LogP contribution is -2.21. The molecule has 0 aliphatic heterocycles. The van der Waals surface area contributed by atoms with E-state index in [2.05, 4.69) is 11.9 Å². The number of benzene rings is 1. The van der Waals surface area contributed by atoms with E-state index in [0.717, 1.165) is 28.3 Å². The molecule has 1 aromatic heterocycles. The van der Waals surface area contributed by atoms with E-state index in [1.165, 1.54) is 23.9 Å². The largest absolute Gasteiger partial charge is 0.327 e. The fourth-order valence-electron chi connectivity index (χ4n) is 1.74. The summed E-state index contributed by atoms with van der Waals surface area (Å²) in [4.78, 5) is 5.23. The van der Waals surface area contributed by atoms with Crippen molar-refractivity contribution in [2.24, 2.45) is 5.73 Å². The van der Waals surface area contributed by atoms with Crippen LogP contribution in [0.3, 0.4) is 0 Å². The zero-order chi connectivity index (χ0) is 13.7. The summed E-state index contributed by atoms with van der Waals surface area (Å²) in [6.07, 6.45) is 3.48. The number of hydrogen-bond donors (Lipinski definition) is 1. The van der Waals surface area contributed by atoms with Gasteiger partial charge in [-0.15, -0.1) is 0 Å². The van der Waals surface area contributed by atoms with Crippen LogP contribution in [-0.4, -0.2) is 11.0 Å². The zero-order valence-corrected chi connectivity index (χ0v) is 11.7. The van der Waals surface area contributed by atoms with Gasteiger partial charge in [0.25, 0.3) is 0 Å². The number of nitrogens with two attached hydrogens (primary N) is 1. The molecule has 1 heterocycles. The molecular weight excluding hydrogens is 259 g/mol. The molecule has 100 valence electrons. The molecule has 0 amide bonds. The second-order valence-electron chi connectivity index (χ2n) is 4.40. The topological polar surface area (TPSA) is 38.9 Å². The number of aromatic nitrogens is 1. The van der Waals surface area contributed by atoms with Gasteiger partial charge in [-0.05, 0) is 42.7 Å². The Hall–Kier alpha value is -1.39. The van der Waals surface area contributed by atoms with Gasteiger partial charge < -0.3 is 5.73 Å². The van der Waals surface area contributed by atoms with Crippen LogP contribution >= 0.6 is 11.8 Å². The molecule has 0 aliphatic carbocycles. The van der Waals surface area contributed by atoms with Gasteiger partial charge in [-0.2, -0.15) is 0 Å². The van der Waals surface area contributed by atoms with Crippen molar-refractivity contribution in [2.75, 3.05) is 0 Å². The first-order valence-corrected chi connectivity index (χ1v) is 7.13. The summed E-state index contributed by atoms with van der Waals surface area (Å²) in [7, 11) is 0. The van der Waals surface area contributed by atoms with Crippen LogP contribution in [0, 0.1) is 5.82 Å². The lowest BCUT2D eigenvalue weighted by Gasteiger charge is -2.12. The smallest absolute Gasteiger partial charge is 0.124 e. The molecule has 2 rings (SSSR count). The average Bonchev–Trinajstić information content (AvgIpc) is 2.41. The maximum absolute atomic E-state index is 13.2. The van der Waals surface area contributed by atoms with Gasteiger partial charge in [0.15, 0.2) is 0 Å². The summed E-state index contributed by atoms with van der Waals surface area (Å²) in [5.41, 5.74) is 7.11. The number of rotatable bonds is 5. The first kappa shape index (κ1) is 14.0. The summed E-state index contributed by atoms with van der Waals surface area (Å²) in [6, 6.07) is 10.6. The molecule has 0 bridgehead atoms. The normalized spacial score (nSPS) is 12.4. The zero-order valence-electron chi connectivity index (χ0n) is 10.8. The standard InChI is InChI=1S/C15H17FN2S/c1-2-13(17)9-11-5-4-8-18-15(11)19-14-7-3-6-12(16)10-14/h3-8,10,13H,2,9,17H2,1H3. The van der Waals surface area contributed by atoms with Gasteiger partial charge in [-0.1, -0.05) is 30.8 Å². The van der Waals surface area contributed by atoms with Gasteiger partial charge in [-0.25, -0.2) is 9.37 Å². The van der Waals surface area contributed by atoms with Gasteiger partial charge in [0, 0.05) is 17.1 Å². The molecule has 4 heteroatoms. The van der Waals surface area contributed by atoms with Crippen LogP contribution in [0.15, 0.2) is 52.5 Å². The van der Waals surface area contributed by atoms with E-state index in [-0.39, 0.29) is 11.9 Å². The van der Waals surface area contributed by atoms with Crippen LogP contribution in [-0.2, 0) is 6.42 Å². The highest BCUT2D eigenvalue weighted by molar-refractivity contribution is 7.99. The van der Waals surface area contributed by atoms with E-state index >= 15 is 0 Å². The van der Waals surface area contributed by atoms with Gasteiger partial charge in [0.05, 0.1) is 0 Å². The van der Waals surface area contributed by atoms with Gasteiger partial charge in [0.1, 0.15) is 10.8 Å². The average molecular weight is 276 g/mol. The summed E-state index contributed by atoms with van der Waals surface area (Å²) in [5.74, 6) is -0.229. The molecule has 19 heavy (non-hydrogen) atoms. The SMILES string of the molecule is CCC(N)Cc1cccnc1Sc1cccc(F)c1. The molecule has 0 fully saturated rings. The van der Waals surface area contributed by atoms with Crippen LogP contribution in [0.4, 0.5) is 4.39 Å². The van der Waals surface area contributed by atoms with Crippen LogP contribution in [0.5, 0.6) is 0 Å². The fraction of sp³-hybridized carbons (Fsp3) is 0.267. The minimum Gasteiger partial charge on any atom is -0.327 e. The molecule has 0 aliphatic rings. The van der Waals surface area contributed by atoms with Crippen molar-refractivity contribution in [1.82, 2.24) is 4.98 Å². The quantitative estimate of drug-likeness (QED) is 0.906. The predicted octanol–water partition coefficient (Wildman–Crippen LogP) is 3.65. The maximum atomic E-state index is 13.2. The van der Waals surface area contributed by atoms with Gasteiger partial charge >= 0.3 is 0 Å². The van der Waals surface area contributed by atoms with E-state index in [9.17, 15) is 4.39 Å². The van der Waals surface area contributed by atoms with E-state index in [0.29, 0.717) is 0 Å². The van der Waals surface area contributed by atoms with Crippen LogP contribution < -0.4 is 5.73 Å². The third-order valence-electron chi connectivity index (χ3n) is 2.87. The molecule has 0 saturated heterocycles. The summed E-state index contributed by atoms with van der Waals surface area (Å²) >= 11 is 1.47. The molecule has 0 radical (unpaired) electrons. The molecule has 1 unspecified atom stereocenters. The van der Waals surface area contributed by atoms with Gasteiger partial charge in [0.2, 0.25) is 0 Å². The number of pyridine rings is 1. The van der Waals surface area contributed by atoms with E-state index < -0.39 is 0 Å². The van der Waals surface area contributed by atoms with Crippen molar-refractivity contribution < 1.29 is 4.39 Å². The predicted molar refractivity (Wildman–Crippen MR) is 76.7 cm³/mol. The Kier molecular flexibility index (Phi) is 4.93. The highest BCUT2D eigenvalue weighted by Gasteiger charge is 2.09. The summed E-state index contributed by atoms with van der Waals surface area (Å²) in [5, 5.41) is 0.900. The van der Waals surface area contributed by atoms with Crippen molar-refractivity contribution in [2.45, 2.75) is 35.7 Å². The molecular formula is C15H17FN2S. The van der Waals surface area contributed by atoms with Gasteiger partial charge in [-0.3, -0.25) is 0 Å². The Labute approximate surface area is 117 Å². The lowest BCUT2D eigenvalue weighted by molar-refractivity contribution is 0.624. The Balaban J connectivity index is 2.20. The van der Waals surface area contributed by atoms with Crippen molar-refractivity contribution in [1.29, 1.82) is 0 Å². The van der Waals surface area contributed by atoms with E-state index in [4.69, 9.17) is 5.73 Å².